The van der Waals surface area contributed by atoms with Crippen LogP contribution >= 0.6 is 11.8 Å². The highest BCUT2D eigenvalue weighted by molar-refractivity contribution is 7.99. The molecule has 1 heterocycles. The zero-order valence-corrected chi connectivity index (χ0v) is 23.2. The van der Waals surface area contributed by atoms with Gasteiger partial charge in [-0.25, -0.2) is 19.4 Å². The third-order valence-corrected chi connectivity index (χ3v) is 7.64. The smallest absolute Gasteiger partial charge is 0.339 e. The summed E-state index contributed by atoms with van der Waals surface area (Å²) in [5.74, 6) is -1.04. The summed E-state index contributed by atoms with van der Waals surface area (Å²) in [5.41, 5.74) is 6.41. The Kier molecular flexibility index (Phi) is 8.93. The van der Waals surface area contributed by atoms with Gasteiger partial charge in [-0.05, 0) is 72.5 Å². The number of nitrogens with one attached hydrogen (secondary N) is 2. The monoisotopic (exact) mass is 582 g/mol. The van der Waals surface area contributed by atoms with Gasteiger partial charge in [-0.3, -0.25) is 4.79 Å². The van der Waals surface area contributed by atoms with Crippen molar-refractivity contribution in [3.8, 4) is 0 Å². The first-order valence-electron chi connectivity index (χ1n) is 13.2. The second kappa shape index (κ2) is 13.1. The number of anilines is 2. The summed E-state index contributed by atoms with van der Waals surface area (Å²) in [6.07, 6.45) is 1.37. The second-order valence-corrected chi connectivity index (χ2v) is 10.7. The molecule has 0 aromatic heterocycles. The number of fused-ring (bicyclic) bond motifs is 1. The average molecular weight is 583 g/mol. The van der Waals surface area contributed by atoms with Gasteiger partial charge in [0.25, 0.3) is 5.91 Å². The number of carboxylic acids is 1. The third-order valence-electron chi connectivity index (χ3n) is 6.64. The zero-order valence-electron chi connectivity index (χ0n) is 22.4. The Labute approximate surface area is 246 Å². The Morgan fingerprint density at radius 3 is 2.38 bits per heavy atom. The van der Waals surface area contributed by atoms with Crippen LogP contribution in [-0.4, -0.2) is 41.0 Å². The molecule has 42 heavy (non-hydrogen) atoms. The predicted octanol–water partition coefficient (Wildman–Crippen LogP) is 5.97. The maximum absolute atomic E-state index is 13.5. The van der Waals surface area contributed by atoms with E-state index in [-0.39, 0.29) is 22.9 Å². The van der Waals surface area contributed by atoms with E-state index in [4.69, 9.17) is 5.11 Å². The van der Waals surface area contributed by atoms with Crippen molar-refractivity contribution in [2.24, 2.45) is 5.10 Å². The number of carbonyl (C=O) groups excluding carboxylic acids is 2. The summed E-state index contributed by atoms with van der Waals surface area (Å²) in [6.45, 7) is 0.434. The van der Waals surface area contributed by atoms with Crippen molar-refractivity contribution in [1.82, 2.24) is 5.43 Å². The minimum absolute atomic E-state index is 0.110. The molecule has 0 saturated carbocycles. The molecule has 0 aliphatic carbocycles. The Bertz CT molecular complexity index is 1640. The van der Waals surface area contributed by atoms with Gasteiger partial charge in [-0.1, -0.05) is 48.5 Å². The summed E-state index contributed by atoms with van der Waals surface area (Å²) < 4.78 is 13.5. The van der Waals surface area contributed by atoms with Gasteiger partial charge in [0.1, 0.15) is 5.82 Å². The number of amides is 3. The first-order valence-corrected chi connectivity index (χ1v) is 14.2. The fourth-order valence-corrected chi connectivity index (χ4v) is 5.47. The van der Waals surface area contributed by atoms with Crippen LogP contribution in [-0.2, 0) is 17.6 Å². The predicted molar refractivity (Wildman–Crippen MR) is 162 cm³/mol. The van der Waals surface area contributed by atoms with Crippen molar-refractivity contribution in [1.29, 1.82) is 0 Å². The van der Waals surface area contributed by atoms with Crippen molar-refractivity contribution < 1.29 is 23.9 Å². The molecule has 0 spiro atoms. The number of thioether (sulfide) groups is 1. The normalized spacial score (nSPS) is 13.2. The lowest BCUT2D eigenvalue weighted by Crippen LogP contribution is -2.34. The van der Waals surface area contributed by atoms with Gasteiger partial charge < -0.3 is 15.3 Å². The van der Waals surface area contributed by atoms with E-state index >= 15 is 0 Å². The van der Waals surface area contributed by atoms with Gasteiger partial charge in [0.05, 0.1) is 11.3 Å². The molecule has 0 unspecified atom stereocenters. The molecule has 4 aromatic carbocycles. The molecule has 212 valence electrons. The quantitative estimate of drug-likeness (QED) is 0.158. The number of aryl methyl sites for hydroxylation is 1. The van der Waals surface area contributed by atoms with E-state index in [2.05, 4.69) is 15.8 Å². The standard InChI is InChI=1S/C32H27FN4O4S/c33-24-7-4-8-25(19-24)34-32(41)36-35-29-27-20-26(42-18-16-22-9-11-23(12-10-22)31(39)40)13-14-28(27)37(30(29)38)17-15-21-5-2-1-3-6-21/h1-14,19-20H,15-18H2,(H,39,40)(H2,34,36,41). The van der Waals surface area contributed by atoms with E-state index in [1.807, 2.05) is 48.5 Å². The molecular weight excluding hydrogens is 555 g/mol. The molecule has 5 rings (SSSR count). The number of halogens is 1. The number of rotatable bonds is 10. The average Bonchev–Trinajstić information content (AvgIpc) is 3.25. The molecular formula is C32H27FN4O4S. The number of hydrazone groups is 1. The molecule has 0 fully saturated rings. The molecule has 1 aliphatic heterocycles. The zero-order chi connectivity index (χ0) is 29.5. The Hall–Kier alpha value is -4.96. The van der Waals surface area contributed by atoms with Crippen molar-refractivity contribution in [2.45, 2.75) is 17.7 Å². The van der Waals surface area contributed by atoms with Crippen LogP contribution in [0, 0.1) is 5.82 Å². The SMILES string of the molecule is O=C(NN=C1C(=O)N(CCc2ccccc2)c2ccc(SCCc3ccc(C(=O)O)cc3)cc21)Nc1cccc(F)c1. The Balaban J connectivity index is 1.32. The van der Waals surface area contributed by atoms with Crippen LogP contribution in [0.2, 0.25) is 0 Å². The molecule has 0 bridgehead atoms. The van der Waals surface area contributed by atoms with Crippen LogP contribution < -0.4 is 15.6 Å². The summed E-state index contributed by atoms with van der Waals surface area (Å²) in [4.78, 5) is 39.7. The lowest BCUT2D eigenvalue weighted by atomic mass is 10.1. The number of nitrogens with zero attached hydrogens (tertiary/aromatic N) is 2. The first-order chi connectivity index (χ1) is 20.4. The van der Waals surface area contributed by atoms with E-state index in [1.54, 1.807) is 47.0 Å². The van der Waals surface area contributed by atoms with E-state index in [1.165, 1.54) is 18.2 Å². The lowest BCUT2D eigenvalue weighted by molar-refractivity contribution is -0.112. The number of hydrogen-bond donors (Lipinski definition) is 3. The van der Waals surface area contributed by atoms with Gasteiger partial charge in [0, 0.05) is 28.4 Å². The molecule has 3 amide bonds. The molecule has 10 heteroatoms. The van der Waals surface area contributed by atoms with Gasteiger partial charge in [-0.15, -0.1) is 11.8 Å². The maximum atomic E-state index is 13.5. The number of benzene rings is 4. The fourth-order valence-electron chi connectivity index (χ4n) is 4.53. The summed E-state index contributed by atoms with van der Waals surface area (Å²) in [7, 11) is 0. The van der Waals surface area contributed by atoms with E-state index < -0.39 is 17.8 Å². The van der Waals surface area contributed by atoms with Crippen molar-refractivity contribution in [3.05, 3.63) is 125 Å². The van der Waals surface area contributed by atoms with Crippen molar-refractivity contribution in [2.75, 3.05) is 22.5 Å². The Morgan fingerprint density at radius 2 is 1.64 bits per heavy atom. The third kappa shape index (κ3) is 7.02. The Morgan fingerprint density at radius 1 is 0.881 bits per heavy atom. The number of carboxylic acid groups (broad SMARTS) is 1. The highest BCUT2D eigenvalue weighted by Gasteiger charge is 2.34. The van der Waals surface area contributed by atoms with Crippen LogP contribution in [0.4, 0.5) is 20.6 Å². The number of carbonyl (C=O) groups is 3. The van der Waals surface area contributed by atoms with Gasteiger partial charge >= 0.3 is 12.0 Å². The van der Waals surface area contributed by atoms with E-state index in [0.29, 0.717) is 24.2 Å². The number of urea groups is 1. The molecule has 3 N–H and O–H groups in total. The minimum Gasteiger partial charge on any atom is -0.478 e. The second-order valence-electron chi connectivity index (χ2n) is 9.51. The summed E-state index contributed by atoms with van der Waals surface area (Å²) >= 11 is 1.60. The van der Waals surface area contributed by atoms with Crippen LogP contribution in [0.5, 0.6) is 0 Å². The summed E-state index contributed by atoms with van der Waals surface area (Å²) in [5, 5.41) is 15.8. The maximum Gasteiger partial charge on any atom is 0.339 e. The van der Waals surface area contributed by atoms with Crippen LogP contribution in [0.1, 0.15) is 27.0 Å². The molecule has 0 radical (unpaired) electrons. The highest BCUT2D eigenvalue weighted by atomic mass is 32.2. The molecule has 4 aromatic rings. The number of aromatic carboxylic acids is 1. The van der Waals surface area contributed by atoms with Crippen molar-refractivity contribution in [3.63, 3.8) is 0 Å². The van der Waals surface area contributed by atoms with Gasteiger partial charge in [-0.2, -0.15) is 5.10 Å². The topological polar surface area (TPSA) is 111 Å². The lowest BCUT2D eigenvalue weighted by Gasteiger charge is -2.17. The minimum atomic E-state index is -0.958. The largest absolute Gasteiger partial charge is 0.478 e. The van der Waals surface area contributed by atoms with Crippen LogP contribution in [0.25, 0.3) is 0 Å². The van der Waals surface area contributed by atoms with Gasteiger partial charge in [0.15, 0.2) is 5.71 Å². The van der Waals surface area contributed by atoms with Crippen LogP contribution in [0.15, 0.2) is 107 Å². The first kappa shape index (κ1) is 28.6. The molecule has 8 nitrogen and oxygen atoms in total. The van der Waals surface area contributed by atoms with Crippen LogP contribution in [0.3, 0.4) is 0 Å². The van der Waals surface area contributed by atoms with Crippen molar-refractivity contribution >= 4 is 46.8 Å². The number of hydrogen-bond acceptors (Lipinski definition) is 5. The van der Waals surface area contributed by atoms with E-state index in [0.717, 1.165) is 28.2 Å². The van der Waals surface area contributed by atoms with Gasteiger partial charge in [0.2, 0.25) is 0 Å². The highest BCUT2D eigenvalue weighted by Crippen LogP contribution is 2.33. The molecule has 0 atom stereocenters. The molecule has 1 aliphatic rings. The summed E-state index contributed by atoms with van der Waals surface area (Å²) in [6, 6.07) is 27.1. The fraction of sp³-hybridized carbons (Fsp3) is 0.125. The molecule has 0 saturated heterocycles. The van der Waals surface area contributed by atoms with E-state index in [9.17, 15) is 18.8 Å².